The van der Waals surface area contributed by atoms with Gasteiger partial charge in [-0.05, 0) is 31.6 Å². The summed E-state index contributed by atoms with van der Waals surface area (Å²) in [5, 5.41) is 4.82. The second-order valence-electron chi connectivity index (χ2n) is 7.68. The molecule has 1 saturated heterocycles. The van der Waals surface area contributed by atoms with Crippen LogP contribution in [-0.4, -0.2) is 58.2 Å². The molecule has 2 aliphatic carbocycles. The molecule has 0 spiro atoms. The molecule has 0 aromatic rings. The second kappa shape index (κ2) is 8.06. The van der Waals surface area contributed by atoms with Crippen LogP contribution >= 0.6 is 0 Å². The molecule has 2 atom stereocenters. The number of imide groups is 3. The minimum absolute atomic E-state index is 0.0395. The smallest absolute Gasteiger partial charge is 0.334 e. The number of hydrogen-bond acceptors (Lipinski definition) is 5. The van der Waals surface area contributed by atoms with Gasteiger partial charge in [0.25, 0.3) is 0 Å². The van der Waals surface area contributed by atoms with Gasteiger partial charge in [0, 0.05) is 12.1 Å². The zero-order chi connectivity index (χ0) is 19.6. The number of urea groups is 2. The van der Waals surface area contributed by atoms with Crippen molar-refractivity contribution in [2.24, 2.45) is 5.92 Å². The maximum Gasteiger partial charge on any atom is 0.334 e. The van der Waals surface area contributed by atoms with Gasteiger partial charge < -0.3 is 5.32 Å². The fourth-order valence-electron chi connectivity index (χ4n) is 4.24. The van der Waals surface area contributed by atoms with Crippen LogP contribution in [0.5, 0.6) is 0 Å². The summed E-state index contributed by atoms with van der Waals surface area (Å²) in [6.45, 7) is 1.32. The summed E-state index contributed by atoms with van der Waals surface area (Å²) >= 11 is 0. The van der Waals surface area contributed by atoms with Gasteiger partial charge in [0.05, 0.1) is 0 Å². The summed E-state index contributed by atoms with van der Waals surface area (Å²) in [7, 11) is 0. The predicted molar refractivity (Wildman–Crippen MR) is 94.3 cm³/mol. The van der Waals surface area contributed by atoms with Crippen molar-refractivity contribution in [1.29, 1.82) is 0 Å². The highest BCUT2D eigenvalue weighted by Crippen LogP contribution is 2.31. The van der Waals surface area contributed by atoms with Crippen molar-refractivity contribution < 1.29 is 24.0 Å². The lowest BCUT2D eigenvalue weighted by molar-refractivity contribution is -0.145. The molecule has 3 fully saturated rings. The molecular weight excluding hydrogens is 352 g/mol. The molecule has 3 aliphatic rings. The third-order valence-electron chi connectivity index (χ3n) is 5.73. The Morgan fingerprint density at radius 2 is 1.59 bits per heavy atom. The van der Waals surface area contributed by atoms with Crippen LogP contribution in [0.3, 0.4) is 0 Å². The summed E-state index contributed by atoms with van der Waals surface area (Å²) in [4.78, 5) is 62.7. The Kier molecular flexibility index (Phi) is 5.76. The van der Waals surface area contributed by atoms with E-state index < -0.39 is 36.3 Å². The van der Waals surface area contributed by atoms with Crippen molar-refractivity contribution in [3.63, 3.8) is 0 Å². The number of rotatable bonds is 4. The number of nitrogens with one attached hydrogen (secondary N) is 2. The van der Waals surface area contributed by atoms with E-state index in [-0.39, 0.29) is 18.0 Å². The fraction of sp³-hybridized carbons (Fsp3) is 0.722. The molecule has 2 N–H and O–H groups in total. The van der Waals surface area contributed by atoms with Gasteiger partial charge in [-0.3, -0.25) is 24.6 Å². The third kappa shape index (κ3) is 4.12. The third-order valence-corrected chi connectivity index (χ3v) is 5.73. The van der Waals surface area contributed by atoms with Crippen LogP contribution in [-0.2, 0) is 14.4 Å². The van der Waals surface area contributed by atoms with Crippen LogP contribution in [0.1, 0.15) is 58.3 Å². The SMILES string of the molecule is C[C@@H]1CCCC[C@H]1N1C(=O)C(=O)N(CC(=O)NC(=O)NC2CCCC2)C1=O. The number of nitrogens with zero attached hydrogens (tertiary/aromatic N) is 2. The van der Waals surface area contributed by atoms with Crippen LogP contribution in [0.25, 0.3) is 0 Å². The van der Waals surface area contributed by atoms with Crippen LogP contribution in [0.4, 0.5) is 9.59 Å². The van der Waals surface area contributed by atoms with Gasteiger partial charge in [-0.15, -0.1) is 0 Å². The molecule has 27 heavy (non-hydrogen) atoms. The number of amides is 7. The zero-order valence-electron chi connectivity index (χ0n) is 15.5. The van der Waals surface area contributed by atoms with Gasteiger partial charge >= 0.3 is 23.9 Å². The topological polar surface area (TPSA) is 116 Å². The van der Waals surface area contributed by atoms with E-state index in [4.69, 9.17) is 0 Å². The van der Waals surface area contributed by atoms with Crippen molar-refractivity contribution in [2.45, 2.75) is 70.4 Å². The van der Waals surface area contributed by atoms with E-state index >= 15 is 0 Å². The van der Waals surface area contributed by atoms with Crippen molar-refractivity contribution in [2.75, 3.05) is 6.54 Å². The van der Waals surface area contributed by atoms with Gasteiger partial charge in [-0.2, -0.15) is 0 Å². The lowest BCUT2D eigenvalue weighted by Gasteiger charge is -2.34. The van der Waals surface area contributed by atoms with Crippen molar-refractivity contribution in [1.82, 2.24) is 20.4 Å². The minimum atomic E-state index is -1.01. The summed E-state index contributed by atoms with van der Waals surface area (Å²) in [6, 6.07) is -1.69. The van der Waals surface area contributed by atoms with E-state index in [9.17, 15) is 24.0 Å². The molecule has 0 aromatic heterocycles. The average Bonchev–Trinajstić information content (AvgIpc) is 3.19. The molecule has 3 rings (SSSR count). The van der Waals surface area contributed by atoms with E-state index in [0.717, 1.165) is 49.8 Å². The summed E-state index contributed by atoms with van der Waals surface area (Å²) in [5.41, 5.74) is 0. The highest BCUT2D eigenvalue weighted by atomic mass is 16.2. The Hall–Kier alpha value is -2.45. The van der Waals surface area contributed by atoms with Crippen LogP contribution in [0.15, 0.2) is 0 Å². The molecule has 9 nitrogen and oxygen atoms in total. The Morgan fingerprint density at radius 1 is 0.963 bits per heavy atom. The van der Waals surface area contributed by atoms with Crippen molar-refractivity contribution in [3.05, 3.63) is 0 Å². The molecule has 1 aliphatic heterocycles. The quantitative estimate of drug-likeness (QED) is 0.562. The van der Waals surface area contributed by atoms with Gasteiger partial charge in [0.1, 0.15) is 6.54 Å². The number of carbonyl (C=O) groups is 5. The lowest BCUT2D eigenvalue weighted by Crippen LogP contribution is -2.49. The molecular formula is C18H26N4O5. The van der Waals surface area contributed by atoms with Gasteiger partial charge in [-0.1, -0.05) is 32.6 Å². The van der Waals surface area contributed by atoms with Crippen LogP contribution in [0, 0.1) is 5.92 Å². The number of hydrogen-bond donors (Lipinski definition) is 2. The Bertz CT molecular complexity index is 658. The zero-order valence-corrected chi connectivity index (χ0v) is 15.5. The molecule has 0 radical (unpaired) electrons. The predicted octanol–water partition coefficient (Wildman–Crippen LogP) is 1.12. The molecule has 0 bridgehead atoms. The first-order chi connectivity index (χ1) is 12.9. The van der Waals surface area contributed by atoms with E-state index in [1.165, 1.54) is 0 Å². The first-order valence-corrected chi connectivity index (χ1v) is 9.68. The monoisotopic (exact) mass is 378 g/mol. The van der Waals surface area contributed by atoms with Crippen molar-refractivity contribution in [3.8, 4) is 0 Å². The minimum Gasteiger partial charge on any atom is -0.335 e. The van der Waals surface area contributed by atoms with E-state index in [0.29, 0.717) is 11.3 Å². The lowest BCUT2D eigenvalue weighted by atomic mass is 9.85. The Balaban J connectivity index is 1.58. The highest BCUT2D eigenvalue weighted by Gasteiger charge is 2.49. The summed E-state index contributed by atoms with van der Waals surface area (Å²) in [6.07, 6.45) is 7.28. The van der Waals surface area contributed by atoms with Gasteiger partial charge in [-0.25, -0.2) is 14.5 Å². The van der Waals surface area contributed by atoms with E-state index in [2.05, 4.69) is 10.6 Å². The molecule has 0 unspecified atom stereocenters. The Morgan fingerprint density at radius 3 is 2.26 bits per heavy atom. The molecule has 2 saturated carbocycles. The molecule has 0 aromatic carbocycles. The largest absolute Gasteiger partial charge is 0.335 e. The molecule has 148 valence electrons. The van der Waals surface area contributed by atoms with E-state index in [1.54, 1.807) is 0 Å². The molecule has 9 heteroatoms. The normalized spacial score (nSPS) is 26.6. The summed E-state index contributed by atoms with van der Waals surface area (Å²) < 4.78 is 0. The second-order valence-corrected chi connectivity index (χ2v) is 7.68. The highest BCUT2D eigenvalue weighted by molar-refractivity contribution is 6.45. The van der Waals surface area contributed by atoms with Gasteiger partial charge in [0.2, 0.25) is 5.91 Å². The first kappa shape index (κ1) is 19.3. The maximum atomic E-state index is 12.6. The van der Waals surface area contributed by atoms with E-state index in [1.807, 2.05) is 6.92 Å². The standard InChI is InChI=1S/C18H26N4O5/c1-11-6-2-5-9-13(11)22-16(25)15(24)21(18(22)27)10-14(23)20-17(26)19-12-7-3-4-8-12/h11-13H,2-10H2,1H3,(H2,19,20,23,26)/t11-,13-/m1/s1. The Labute approximate surface area is 157 Å². The average molecular weight is 378 g/mol. The van der Waals surface area contributed by atoms with Crippen LogP contribution in [0.2, 0.25) is 0 Å². The van der Waals surface area contributed by atoms with Crippen LogP contribution < -0.4 is 10.6 Å². The fourth-order valence-corrected chi connectivity index (χ4v) is 4.24. The summed E-state index contributed by atoms with van der Waals surface area (Å²) in [5.74, 6) is -2.57. The molecule has 7 amide bonds. The van der Waals surface area contributed by atoms with Crippen molar-refractivity contribution >= 4 is 29.8 Å². The van der Waals surface area contributed by atoms with Gasteiger partial charge in [0.15, 0.2) is 0 Å². The number of carbonyl (C=O) groups excluding carboxylic acids is 5. The maximum absolute atomic E-state index is 12.6. The molecule has 1 heterocycles. The first-order valence-electron chi connectivity index (χ1n) is 9.68.